The van der Waals surface area contributed by atoms with Gasteiger partial charge >= 0.3 is 6.18 Å². The molecule has 3 rings (SSSR count). The molecule has 3 aromatic rings. The molecule has 0 unspecified atom stereocenters. The van der Waals surface area contributed by atoms with Crippen LogP contribution in [0, 0.1) is 0 Å². The van der Waals surface area contributed by atoms with Crippen LogP contribution in [0.15, 0.2) is 29.2 Å². The molecule has 0 saturated carbocycles. The van der Waals surface area contributed by atoms with Gasteiger partial charge in [0.15, 0.2) is 0 Å². The second-order valence-electron chi connectivity index (χ2n) is 4.36. The van der Waals surface area contributed by atoms with Gasteiger partial charge in [-0.2, -0.15) is 13.2 Å². The van der Waals surface area contributed by atoms with E-state index in [0.717, 1.165) is 0 Å². The molecule has 0 aliphatic heterocycles. The summed E-state index contributed by atoms with van der Waals surface area (Å²) in [6.45, 7) is 0. The van der Waals surface area contributed by atoms with Gasteiger partial charge in [-0.15, -0.1) is 0 Å². The minimum atomic E-state index is -4.67. The van der Waals surface area contributed by atoms with Crippen molar-refractivity contribution in [2.24, 2.45) is 5.73 Å². The number of aromatic nitrogens is 3. The van der Waals surface area contributed by atoms with Crippen LogP contribution in [-0.4, -0.2) is 20.3 Å². The van der Waals surface area contributed by atoms with Crippen molar-refractivity contribution in [1.29, 1.82) is 0 Å². The zero-order valence-corrected chi connectivity index (χ0v) is 10.2. The predicted molar refractivity (Wildman–Crippen MR) is 66.8 cm³/mol. The molecular weight excluding hydrogens is 289 g/mol. The summed E-state index contributed by atoms with van der Waals surface area (Å²) in [7, 11) is 0. The van der Waals surface area contributed by atoms with Crippen LogP contribution in [-0.2, 0) is 6.18 Å². The summed E-state index contributed by atoms with van der Waals surface area (Å²) in [6.07, 6.45) is -3.50. The highest BCUT2D eigenvalue weighted by Gasteiger charge is 2.33. The second-order valence-corrected chi connectivity index (χ2v) is 4.36. The average molecular weight is 296 g/mol. The molecule has 9 heteroatoms. The Morgan fingerprint density at radius 1 is 1.33 bits per heavy atom. The number of hydrogen-bond acceptors (Lipinski definition) is 3. The summed E-state index contributed by atoms with van der Waals surface area (Å²) in [4.78, 5) is 28.7. The first-order valence-electron chi connectivity index (χ1n) is 5.69. The van der Waals surface area contributed by atoms with Crippen molar-refractivity contribution >= 4 is 22.6 Å². The van der Waals surface area contributed by atoms with Gasteiger partial charge in [0, 0.05) is 17.6 Å². The Balaban J connectivity index is 2.48. The topological polar surface area (TPSA) is 93.2 Å². The highest BCUT2D eigenvalue weighted by molar-refractivity contribution is 5.92. The van der Waals surface area contributed by atoms with E-state index in [2.05, 4.69) is 9.97 Å². The standard InChI is InChI=1S/C12H7F3N4O2/c13-12(14,15)6-3-9(20)18-11-5(6)1-2-8-17-7(10(16)21)4-19(8)11/h1-4H,(H2,16,21)(H,18,20). The fourth-order valence-corrected chi connectivity index (χ4v) is 2.12. The Bertz CT molecular complexity index is 939. The van der Waals surface area contributed by atoms with Crippen molar-refractivity contribution in [3.05, 3.63) is 46.0 Å². The lowest BCUT2D eigenvalue weighted by Crippen LogP contribution is -2.15. The highest BCUT2D eigenvalue weighted by Crippen LogP contribution is 2.33. The van der Waals surface area contributed by atoms with Gasteiger partial charge in [0.25, 0.3) is 5.91 Å². The van der Waals surface area contributed by atoms with Crippen LogP contribution in [0.3, 0.4) is 0 Å². The van der Waals surface area contributed by atoms with E-state index >= 15 is 0 Å². The molecule has 0 saturated heterocycles. The number of amides is 1. The molecule has 0 aromatic carbocycles. The zero-order valence-electron chi connectivity index (χ0n) is 10.2. The molecule has 0 bridgehead atoms. The number of nitrogens with zero attached hydrogens (tertiary/aromatic N) is 2. The van der Waals surface area contributed by atoms with E-state index in [4.69, 9.17) is 5.73 Å². The Kier molecular flexibility index (Phi) is 2.55. The number of nitrogens with two attached hydrogens (primary N) is 1. The summed E-state index contributed by atoms with van der Waals surface area (Å²) >= 11 is 0. The van der Waals surface area contributed by atoms with Gasteiger partial charge in [0.1, 0.15) is 17.0 Å². The van der Waals surface area contributed by atoms with Crippen LogP contribution >= 0.6 is 0 Å². The largest absolute Gasteiger partial charge is 0.417 e. The van der Waals surface area contributed by atoms with Crippen LogP contribution in [0.25, 0.3) is 16.7 Å². The molecule has 0 radical (unpaired) electrons. The fourth-order valence-electron chi connectivity index (χ4n) is 2.12. The summed E-state index contributed by atoms with van der Waals surface area (Å²) in [5, 5.41) is -0.206. The number of imidazole rings is 1. The molecule has 0 aliphatic carbocycles. The van der Waals surface area contributed by atoms with Gasteiger partial charge in [-0.25, -0.2) is 4.98 Å². The molecule has 3 heterocycles. The third-order valence-electron chi connectivity index (χ3n) is 2.99. The zero-order chi connectivity index (χ0) is 15.4. The number of halogens is 3. The normalized spacial score (nSPS) is 12.1. The van der Waals surface area contributed by atoms with Crippen molar-refractivity contribution in [2.45, 2.75) is 6.18 Å². The molecule has 21 heavy (non-hydrogen) atoms. The predicted octanol–water partition coefficient (Wildman–Crippen LogP) is 1.29. The van der Waals surface area contributed by atoms with E-state index < -0.39 is 23.2 Å². The number of nitrogens with one attached hydrogen (secondary N) is 1. The molecule has 3 N–H and O–H groups in total. The van der Waals surface area contributed by atoms with Crippen LogP contribution in [0.5, 0.6) is 0 Å². The van der Waals surface area contributed by atoms with Crippen molar-refractivity contribution in [3.63, 3.8) is 0 Å². The lowest BCUT2D eigenvalue weighted by atomic mass is 10.1. The number of aromatic amines is 1. The molecule has 0 aliphatic rings. The van der Waals surface area contributed by atoms with Crippen molar-refractivity contribution < 1.29 is 18.0 Å². The summed E-state index contributed by atoms with van der Waals surface area (Å²) in [5.74, 6) is -0.818. The lowest BCUT2D eigenvalue weighted by molar-refractivity contribution is -0.136. The number of primary amides is 1. The first-order chi connectivity index (χ1) is 9.77. The average Bonchev–Trinajstić information content (AvgIpc) is 2.81. The number of pyridine rings is 2. The van der Waals surface area contributed by atoms with E-state index in [1.807, 2.05) is 0 Å². The molecule has 3 aromatic heterocycles. The maximum absolute atomic E-state index is 13.0. The van der Waals surface area contributed by atoms with Crippen LogP contribution in [0.4, 0.5) is 13.2 Å². The summed E-state index contributed by atoms with van der Waals surface area (Å²) in [5.41, 5.74) is 3.11. The molecule has 6 nitrogen and oxygen atoms in total. The van der Waals surface area contributed by atoms with E-state index in [1.165, 1.54) is 22.7 Å². The number of hydrogen-bond donors (Lipinski definition) is 2. The van der Waals surface area contributed by atoms with Gasteiger partial charge < -0.3 is 10.7 Å². The van der Waals surface area contributed by atoms with Crippen molar-refractivity contribution in [3.8, 4) is 0 Å². The number of carbonyl (C=O) groups excluding carboxylic acids is 1. The first kappa shape index (κ1) is 13.2. The van der Waals surface area contributed by atoms with Crippen LogP contribution in [0.1, 0.15) is 16.1 Å². The first-order valence-corrected chi connectivity index (χ1v) is 5.69. The smallest absolute Gasteiger partial charge is 0.364 e. The number of carbonyl (C=O) groups is 1. The molecule has 0 atom stereocenters. The lowest BCUT2D eigenvalue weighted by Gasteiger charge is -2.10. The second kappa shape index (κ2) is 4.08. The Labute approximate surface area is 114 Å². The quantitative estimate of drug-likeness (QED) is 0.708. The number of fused-ring (bicyclic) bond motifs is 3. The minimum Gasteiger partial charge on any atom is -0.364 e. The molecule has 1 amide bonds. The third kappa shape index (κ3) is 2.02. The minimum absolute atomic E-state index is 0.104. The molecule has 108 valence electrons. The number of alkyl halides is 3. The van der Waals surface area contributed by atoms with E-state index in [1.54, 1.807) is 0 Å². The van der Waals surface area contributed by atoms with Gasteiger partial charge in [0.2, 0.25) is 5.56 Å². The monoisotopic (exact) mass is 296 g/mol. The van der Waals surface area contributed by atoms with E-state index in [-0.39, 0.29) is 22.4 Å². The Hall–Kier alpha value is -2.84. The highest BCUT2D eigenvalue weighted by atomic mass is 19.4. The Morgan fingerprint density at radius 3 is 2.67 bits per heavy atom. The Morgan fingerprint density at radius 2 is 2.05 bits per heavy atom. The van der Waals surface area contributed by atoms with Gasteiger partial charge in [-0.3, -0.25) is 14.0 Å². The van der Waals surface area contributed by atoms with E-state index in [9.17, 15) is 22.8 Å². The number of H-pyrrole nitrogens is 1. The van der Waals surface area contributed by atoms with Crippen molar-refractivity contribution in [1.82, 2.24) is 14.4 Å². The summed E-state index contributed by atoms with van der Waals surface area (Å²) in [6, 6.07) is 2.98. The summed E-state index contributed by atoms with van der Waals surface area (Å²) < 4.78 is 40.1. The third-order valence-corrected chi connectivity index (χ3v) is 2.99. The molecule has 0 fully saturated rings. The van der Waals surface area contributed by atoms with E-state index in [0.29, 0.717) is 6.07 Å². The SMILES string of the molecule is NC(=O)c1cn2c(ccc3c(C(F)(F)F)cc(=O)[nH]c32)n1. The molecular formula is C12H7F3N4O2. The van der Waals surface area contributed by atoms with Crippen LogP contribution in [0.2, 0.25) is 0 Å². The van der Waals surface area contributed by atoms with Crippen molar-refractivity contribution in [2.75, 3.05) is 0 Å². The van der Waals surface area contributed by atoms with Crippen LogP contribution < -0.4 is 11.3 Å². The number of rotatable bonds is 1. The van der Waals surface area contributed by atoms with Gasteiger partial charge in [0.05, 0.1) is 5.56 Å². The maximum Gasteiger partial charge on any atom is 0.417 e. The molecule has 0 spiro atoms. The van der Waals surface area contributed by atoms with Gasteiger partial charge in [-0.05, 0) is 12.1 Å². The maximum atomic E-state index is 13.0. The fraction of sp³-hybridized carbons (Fsp3) is 0.0833. The van der Waals surface area contributed by atoms with Gasteiger partial charge in [-0.1, -0.05) is 0 Å².